The van der Waals surface area contributed by atoms with Crippen molar-refractivity contribution in [1.29, 1.82) is 0 Å². The maximum atomic E-state index is 14.2. The zero-order chi connectivity index (χ0) is 29.2. The van der Waals surface area contributed by atoms with Gasteiger partial charge in [0.25, 0.3) is 0 Å². The number of carbonyl (C=O) groups is 4. The second-order valence-corrected chi connectivity index (χ2v) is 9.94. The first-order valence-electron chi connectivity index (χ1n) is 12.1. The van der Waals surface area contributed by atoms with Crippen LogP contribution in [0.4, 0.5) is 4.39 Å². The molecule has 2 aromatic rings. The lowest BCUT2D eigenvalue weighted by Gasteiger charge is -2.26. The van der Waals surface area contributed by atoms with Crippen LogP contribution in [-0.2, 0) is 39.9 Å². The first-order chi connectivity index (χ1) is 18.3. The van der Waals surface area contributed by atoms with E-state index in [9.17, 15) is 28.7 Å². The van der Waals surface area contributed by atoms with Gasteiger partial charge in [-0.1, -0.05) is 42.8 Å². The van der Waals surface area contributed by atoms with E-state index in [1.807, 2.05) is 0 Å². The van der Waals surface area contributed by atoms with Gasteiger partial charge in [-0.2, -0.15) is 0 Å². The van der Waals surface area contributed by atoms with E-state index in [-0.39, 0.29) is 13.0 Å². The predicted octanol–water partition coefficient (Wildman–Crippen LogP) is 3.53. The van der Waals surface area contributed by atoms with E-state index in [2.05, 4.69) is 5.43 Å². The lowest BCUT2D eigenvalue weighted by molar-refractivity contribution is -0.174. The number of nitrogens with zero attached hydrogens (tertiary/aromatic N) is 1. The third kappa shape index (κ3) is 11.0. The number of rotatable bonds is 11. The Labute approximate surface area is 230 Å². The minimum atomic E-state index is -1.77. The Balaban J connectivity index is 2.14. The highest BCUT2D eigenvalue weighted by atomic mass is 35.5. The summed E-state index contributed by atoms with van der Waals surface area (Å²) in [4.78, 5) is 48.2. The molecule has 0 radical (unpaired) electrons. The standard InChI is InChI=1S/C27H32ClFN2O8/c1-5-6-23(33)37-16-38-25(35)22(32)15-31(30-24(34)26(36)39-27(2,3)4)14-17-7-9-18(10-8-17)20-13-19(28)11-12-21(20)29/h7-13,22,32H,5-6,14-16H2,1-4H3,(H,30,34)/t22-/m1/s1. The molecule has 0 aromatic heterocycles. The van der Waals surface area contributed by atoms with Crippen LogP contribution >= 0.6 is 11.6 Å². The van der Waals surface area contributed by atoms with Crippen molar-refractivity contribution in [3.8, 4) is 11.1 Å². The Morgan fingerprint density at radius 3 is 2.36 bits per heavy atom. The molecule has 0 unspecified atom stereocenters. The Morgan fingerprint density at radius 2 is 1.74 bits per heavy atom. The van der Waals surface area contributed by atoms with Crippen molar-refractivity contribution in [1.82, 2.24) is 10.4 Å². The molecular formula is C27H32ClFN2O8. The van der Waals surface area contributed by atoms with Crippen molar-refractivity contribution in [2.24, 2.45) is 0 Å². The third-order valence-electron chi connectivity index (χ3n) is 4.95. The first kappa shape index (κ1) is 31.7. The summed E-state index contributed by atoms with van der Waals surface area (Å²) in [6, 6.07) is 10.7. The number of hydrogen-bond donors (Lipinski definition) is 2. The summed E-state index contributed by atoms with van der Waals surface area (Å²) in [6.07, 6.45) is -1.07. The van der Waals surface area contributed by atoms with Crippen molar-refractivity contribution in [2.75, 3.05) is 13.3 Å². The molecule has 0 heterocycles. The molecule has 39 heavy (non-hydrogen) atoms. The average Bonchev–Trinajstić information content (AvgIpc) is 2.85. The number of esters is 3. The topological polar surface area (TPSA) is 131 Å². The van der Waals surface area contributed by atoms with Crippen molar-refractivity contribution in [3.63, 3.8) is 0 Å². The van der Waals surface area contributed by atoms with Gasteiger partial charge in [-0.3, -0.25) is 15.0 Å². The molecule has 212 valence electrons. The highest BCUT2D eigenvalue weighted by molar-refractivity contribution is 6.32. The van der Waals surface area contributed by atoms with E-state index >= 15 is 0 Å². The zero-order valence-corrected chi connectivity index (χ0v) is 22.9. The highest BCUT2D eigenvalue weighted by Crippen LogP contribution is 2.26. The van der Waals surface area contributed by atoms with Crippen LogP contribution in [0.5, 0.6) is 0 Å². The SMILES string of the molecule is CCCC(=O)OCOC(=O)[C@H](O)CN(Cc1ccc(-c2cc(Cl)ccc2F)cc1)NC(=O)C(=O)OC(C)(C)C. The summed E-state index contributed by atoms with van der Waals surface area (Å²) in [5.74, 6) is -4.43. The largest absolute Gasteiger partial charge is 0.453 e. The van der Waals surface area contributed by atoms with E-state index in [1.165, 1.54) is 18.2 Å². The Kier molecular flexibility index (Phi) is 11.8. The smallest absolute Gasteiger partial charge is 0.398 e. The lowest BCUT2D eigenvalue weighted by atomic mass is 10.0. The van der Waals surface area contributed by atoms with Crippen molar-refractivity contribution < 1.29 is 42.9 Å². The summed E-state index contributed by atoms with van der Waals surface area (Å²) in [6.45, 7) is 5.32. The number of hydrogen-bond acceptors (Lipinski definition) is 9. The van der Waals surface area contributed by atoms with Gasteiger partial charge in [-0.15, -0.1) is 0 Å². The molecule has 12 heteroatoms. The predicted molar refractivity (Wildman–Crippen MR) is 139 cm³/mol. The van der Waals surface area contributed by atoms with Crippen molar-refractivity contribution >= 4 is 35.4 Å². The van der Waals surface area contributed by atoms with Crippen LogP contribution in [-0.4, -0.2) is 59.0 Å². The lowest BCUT2D eigenvalue weighted by Crippen LogP contribution is -2.50. The average molecular weight is 567 g/mol. The maximum absolute atomic E-state index is 14.2. The number of aliphatic hydroxyl groups is 1. The molecule has 1 atom stereocenters. The van der Waals surface area contributed by atoms with Gasteiger partial charge < -0.3 is 19.3 Å². The summed E-state index contributed by atoms with van der Waals surface area (Å²) in [7, 11) is 0. The van der Waals surface area contributed by atoms with Gasteiger partial charge in [0.1, 0.15) is 11.4 Å². The van der Waals surface area contributed by atoms with E-state index in [0.717, 1.165) is 5.01 Å². The van der Waals surface area contributed by atoms with Crippen LogP contribution in [0.2, 0.25) is 5.02 Å². The molecule has 0 aliphatic rings. The molecule has 0 spiro atoms. The maximum Gasteiger partial charge on any atom is 0.398 e. The van der Waals surface area contributed by atoms with Crippen LogP contribution < -0.4 is 5.43 Å². The normalized spacial score (nSPS) is 12.0. The van der Waals surface area contributed by atoms with Crippen LogP contribution in [0, 0.1) is 5.82 Å². The minimum Gasteiger partial charge on any atom is -0.453 e. The van der Waals surface area contributed by atoms with Gasteiger partial charge in [0.05, 0.1) is 6.54 Å². The number of amides is 1. The molecule has 0 saturated carbocycles. The highest BCUT2D eigenvalue weighted by Gasteiger charge is 2.27. The minimum absolute atomic E-state index is 0.0668. The second kappa shape index (κ2) is 14.6. The van der Waals surface area contributed by atoms with Crippen molar-refractivity contribution in [2.45, 2.75) is 58.8 Å². The quantitative estimate of drug-likeness (QED) is 0.181. The number of benzene rings is 2. The van der Waals surface area contributed by atoms with Gasteiger partial charge in [-0.25, -0.2) is 19.0 Å². The molecule has 0 bridgehead atoms. The molecular weight excluding hydrogens is 535 g/mol. The second-order valence-electron chi connectivity index (χ2n) is 9.51. The molecule has 0 saturated heterocycles. The monoisotopic (exact) mass is 566 g/mol. The number of carbonyl (C=O) groups excluding carboxylic acids is 4. The third-order valence-corrected chi connectivity index (χ3v) is 5.19. The van der Waals surface area contributed by atoms with E-state index < -0.39 is 54.7 Å². The Hall–Kier alpha value is -3.54. The van der Waals surface area contributed by atoms with E-state index in [0.29, 0.717) is 28.1 Å². The van der Waals surface area contributed by atoms with E-state index in [4.69, 9.17) is 25.8 Å². The summed E-state index contributed by atoms with van der Waals surface area (Å²) < 4.78 is 28.8. The Morgan fingerprint density at radius 1 is 1.08 bits per heavy atom. The fourth-order valence-electron chi connectivity index (χ4n) is 3.20. The Bertz CT molecular complexity index is 1170. The van der Waals surface area contributed by atoms with Gasteiger partial charge in [0.2, 0.25) is 6.79 Å². The van der Waals surface area contributed by atoms with Crippen molar-refractivity contribution in [3.05, 3.63) is 58.9 Å². The molecule has 10 nitrogen and oxygen atoms in total. The molecule has 1 amide bonds. The fraction of sp³-hybridized carbons (Fsp3) is 0.407. The van der Waals surface area contributed by atoms with Gasteiger partial charge >= 0.3 is 23.8 Å². The van der Waals surface area contributed by atoms with Gasteiger partial charge in [0.15, 0.2) is 6.10 Å². The first-order valence-corrected chi connectivity index (χ1v) is 12.5. The van der Waals surface area contributed by atoms with Crippen LogP contribution in [0.15, 0.2) is 42.5 Å². The van der Waals surface area contributed by atoms with Crippen LogP contribution in [0.25, 0.3) is 11.1 Å². The molecule has 0 aliphatic heterocycles. The van der Waals surface area contributed by atoms with Crippen LogP contribution in [0.3, 0.4) is 0 Å². The van der Waals surface area contributed by atoms with Gasteiger partial charge in [0, 0.05) is 23.6 Å². The zero-order valence-electron chi connectivity index (χ0n) is 22.2. The van der Waals surface area contributed by atoms with Crippen LogP contribution in [0.1, 0.15) is 46.1 Å². The van der Waals surface area contributed by atoms with Gasteiger partial charge in [-0.05, 0) is 56.5 Å². The summed E-state index contributed by atoms with van der Waals surface area (Å²) in [5, 5.41) is 11.8. The number of nitrogens with one attached hydrogen (secondary N) is 1. The fourth-order valence-corrected chi connectivity index (χ4v) is 3.37. The molecule has 0 aliphatic carbocycles. The number of ether oxygens (including phenoxy) is 3. The molecule has 2 aromatic carbocycles. The summed E-state index contributed by atoms with van der Waals surface area (Å²) >= 11 is 5.98. The number of halogens is 2. The molecule has 2 N–H and O–H groups in total. The molecule has 0 fully saturated rings. The van der Waals surface area contributed by atoms with E-state index in [1.54, 1.807) is 52.0 Å². The number of aliphatic hydroxyl groups excluding tert-OH is 1. The number of hydrazine groups is 1. The summed E-state index contributed by atoms with van der Waals surface area (Å²) in [5.41, 5.74) is 2.81. The molecule has 2 rings (SSSR count).